The lowest BCUT2D eigenvalue weighted by Crippen LogP contribution is -2.21. The third-order valence-corrected chi connectivity index (χ3v) is 4.89. The molecule has 0 heterocycles. The standard InChI is InChI=1S/C19H15Br.H3P/c20-19(16-10-4-1-5-11-16,17-12-6-2-7-13-17)18-14-8-3-9-15-18;/h1-15H;1H3. The van der Waals surface area contributed by atoms with Gasteiger partial charge in [0.2, 0.25) is 0 Å². The van der Waals surface area contributed by atoms with E-state index in [1.807, 2.05) is 18.2 Å². The molecular weight excluding hydrogens is 339 g/mol. The number of halogens is 1. The summed E-state index contributed by atoms with van der Waals surface area (Å²) in [4.78, 5) is 0. The Morgan fingerprint density at radius 2 is 0.714 bits per heavy atom. The third kappa shape index (κ3) is 3.10. The molecule has 3 rings (SSSR count). The van der Waals surface area contributed by atoms with E-state index in [1.54, 1.807) is 0 Å². The van der Waals surface area contributed by atoms with E-state index in [-0.39, 0.29) is 14.2 Å². The van der Waals surface area contributed by atoms with Gasteiger partial charge in [0.05, 0.1) is 0 Å². The van der Waals surface area contributed by atoms with Crippen LogP contribution in [0.15, 0.2) is 91.0 Å². The van der Waals surface area contributed by atoms with Gasteiger partial charge in [-0.15, -0.1) is 0 Å². The molecule has 21 heavy (non-hydrogen) atoms. The minimum absolute atomic E-state index is 0. The molecule has 2 heteroatoms. The quantitative estimate of drug-likeness (QED) is 0.333. The van der Waals surface area contributed by atoms with Gasteiger partial charge in [0, 0.05) is 0 Å². The molecule has 0 saturated carbocycles. The molecule has 0 radical (unpaired) electrons. The van der Waals surface area contributed by atoms with Gasteiger partial charge in [-0.2, -0.15) is 9.90 Å². The molecule has 1 atom stereocenters. The van der Waals surface area contributed by atoms with Crippen molar-refractivity contribution < 1.29 is 0 Å². The first-order valence-electron chi connectivity index (χ1n) is 6.67. The minimum atomic E-state index is -0.309. The van der Waals surface area contributed by atoms with Crippen LogP contribution in [0.5, 0.6) is 0 Å². The molecule has 0 aromatic heterocycles. The van der Waals surface area contributed by atoms with E-state index in [1.165, 1.54) is 16.7 Å². The van der Waals surface area contributed by atoms with E-state index in [9.17, 15) is 0 Å². The van der Waals surface area contributed by atoms with Gasteiger partial charge in [-0.1, -0.05) is 107 Å². The molecule has 0 bridgehead atoms. The maximum Gasteiger partial charge on any atom is 0.100 e. The second kappa shape index (κ2) is 7.02. The Balaban J connectivity index is 0.00000161. The van der Waals surface area contributed by atoms with Crippen molar-refractivity contribution >= 4 is 25.8 Å². The fourth-order valence-corrected chi connectivity index (χ4v) is 3.30. The van der Waals surface area contributed by atoms with Crippen molar-refractivity contribution in [1.29, 1.82) is 0 Å². The molecule has 0 saturated heterocycles. The molecule has 1 unspecified atom stereocenters. The summed E-state index contributed by atoms with van der Waals surface area (Å²) in [5.41, 5.74) is 3.70. The number of alkyl halides is 1. The van der Waals surface area contributed by atoms with E-state index < -0.39 is 0 Å². The monoisotopic (exact) mass is 356 g/mol. The van der Waals surface area contributed by atoms with Crippen LogP contribution >= 0.6 is 25.8 Å². The van der Waals surface area contributed by atoms with Crippen molar-refractivity contribution in [3.8, 4) is 0 Å². The summed E-state index contributed by atoms with van der Waals surface area (Å²) < 4.78 is -0.309. The summed E-state index contributed by atoms with van der Waals surface area (Å²) in [6.45, 7) is 0. The van der Waals surface area contributed by atoms with Gasteiger partial charge < -0.3 is 0 Å². The van der Waals surface area contributed by atoms with Crippen LogP contribution in [0.4, 0.5) is 0 Å². The van der Waals surface area contributed by atoms with Crippen LogP contribution in [0, 0.1) is 0 Å². The van der Waals surface area contributed by atoms with Gasteiger partial charge >= 0.3 is 0 Å². The number of hydrogen-bond acceptors (Lipinski definition) is 0. The number of hydrogen-bond donors (Lipinski definition) is 0. The molecule has 0 nitrogen and oxygen atoms in total. The maximum absolute atomic E-state index is 4.01. The SMILES string of the molecule is BrC(c1ccccc1)(c1ccccc1)c1ccccc1.P. The van der Waals surface area contributed by atoms with Crippen LogP contribution in [0.3, 0.4) is 0 Å². The Kier molecular flexibility index (Phi) is 5.33. The highest BCUT2D eigenvalue weighted by Gasteiger charge is 2.32. The smallest absolute Gasteiger partial charge is 0.100 e. The van der Waals surface area contributed by atoms with Gasteiger partial charge in [-0.25, -0.2) is 0 Å². The van der Waals surface area contributed by atoms with Crippen molar-refractivity contribution in [1.82, 2.24) is 0 Å². The third-order valence-electron chi connectivity index (χ3n) is 3.51. The molecule has 0 aliphatic rings. The van der Waals surface area contributed by atoms with Crippen LogP contribution in [0.1, 0.15) is 16.7 Å². The molecule has 0 aliphatic carbocycles. The lowest BCUT2D eigenvalue weighted by atomic mass is 9.85. The fraction of sp³-hybridized carbons (Fsp3) is 0.0526. The zero-order valence-electron chi connectivity index (χ0n) is 11.7. The molecule has 0 N–H and O–H groups in total. The van der Waals surface area contributed by atoms with Crippen molar-refractivity contribution in [2.45, 2.75) is 4.32 Å². The summed E-state index contributed by atoms with van der Waals surface area (Å²) in [5.74, 6) is 0. The molecule has 0 aliphatic heterocycles. The Morgan fingerprint density at radius 1 is 0.476 bits per heavy atom. The lowest BCUT2D eigenvalue weighted by Gasteiger charge is -2.29. The van der Waals surface area contributed by atoms with E-state index in [0.29, 0.717) is 0 Å². The predicted octanol–water partition coefficient (Wildman–Crippen LogP) is 5.43. The summed E-state index contributed by atoms with van der Waals surface area (Å²) in [5, 5.41) is 0. The largest absolute Gasteiger partial charge is 0.153 e. The molecular formula is C19H18BrP. The van der Waals surface area contributed by atoms with Crippen molar-refractivity contribution in [2.75, 3.05) is 0 Å². The Hall–Kier alpha value is -1.43. The van der Waals surface area contributed by atoms with Gasteiger partial charge in [0.1, 0.15) is 4.32 Å². The summed E-state index contributed by atoms with van der Waals surface area (Å²) in [6, 6.07) is 31.6. The first-order chi connectivity index (χ1) is 9.82. The molecule has 0 amide bonds. The topological polar surface area (TPSA) is 0 Å². The zero-order valence-corrected chi connectivity index (χ0v) is 14.7. The molecule has 0 fully saturated rings. The minimum Gasteiger partial charge on any atom is -0.153 e. The van der Waals surface area contributed by atoms with Crippen LogP contribution in [-0.2, 0) is 4.32 Å². The van der Waals surface area contributed by atoms with E-state index >= 15 is 0 Å². The number of benzene rings is 3. The second-order valence-electron chi connectivity index (χ2n) is 4.76. The van der Waals surface area contributed by atoms with E-state index in [2.05, 4.69) is 88.7 Å². The van der Waals surface area contributed by atoms with Crippen LogP contribution in [0.2, 0.25) is 0 Å². The average molecular weight is 357 g/mol. The summed E-state index contributed by atoms with van der Waals surface area (Å²) in [7, 11) is 0. The maximum atomic E-state index is 4.01. The van der Waals surface area contributed by atoms with E-state index in [0.717, 1.165) is 0 Å². The van der Waals surface area contributed by atoms with Crippen molar-refractivity contribution in [2.24, 2.45) is 0 Å². The van der Waals surface area contributed by atoms with Crippen LogP contribution in [-0.4, -0.2) is 0 Å². The zero-order chi connectivity index (χ0) is 13.8. The Labute approximate surface area is 138 Å². The molecule has 3 aromatic carbocycles. The fourth-order valence-electron chi connectivity index (χ4n) is 2.50. The van der Waals surface area contributed by atoms with Gasteiger partial charge in [0.15, 0.2) is 0 Å². The highest BCUT2D eigenvalue weighted by atomic mass is 79.9. The Bertz CT molecular complexity index is 569. The van der Waals surface area contributed by atoms with Gasteiger partial charge in [-0.05, 0) is 16.7 Å². The molecule has 106 valence electrons. The highest BCUT2D eigenvalue weighted by Crippen LogP contribution is 2.44. The van der Waals surface area contributed by atoms with Crippen LogP contribution < -0.4 is 0 Å². The highest BCUT2D eigenvalue weighted by molar-refractivity contribution is 9.10. The predicted molar refractivity (Wildman–Crippen MR) is 99.2 cm³/mol. The number of rotatable bonds is 3. The summed E-state index contributed by atoms with van der Waals surface area (Å²) in [6.07, 6.45) is 0. The first-order valence-corrected chi connectivity index (χ1v) is 7.46. The molecule has 0 spiro atoms. The van der Waals surface area contributed by atoms with Crippen molar-refractivity contribution in [3.05, 3.63) is 108 Å². The normalized spacial score (nSPS) is 10.7. The first kappa shape index (κ1) is 15.9. The average Bonchev–Trinajstić information content (AvgIpc) is 2.56. The lowest BCUT2D eigenvalue weighted by molar-refractivity contribution is 0.917. The van der Waals surface area contributed by atoms with E-state index in [4.69, 9.17) is 0 Å². The van der Waals surface area contributed by atoms with Crippen molar-refractivity contribution in [3.63, 3.8) is 0 Å². The Morgan fingerprint density at radius 3 is 0.952 bits per heavy atom. The second-order valence-corrected chi connectivity index (χ2v) is 5.95. The van der Waals surface area contributed by atoms with Gasteiger partial charge in [0.25, 0.3) is 0 Å². The summed E-state index contributed by atoms with van der Waals surface area (Å²) >= 11 is 4.01. The van der Waals surface area contributed by atoms with Crippen LogP contribution in [0.25, 0.3) is 0 Å². The molecule has 3 aromatic rings. The van der Waals surface area contributed by atoms with Gasteiger partial charge in [-0.3, -0.25) is 0 Å².